The van der Waals surface area contributed by atoms with Gasteiger partial charge in [-0.15, -0.1) is 0 Å². The Hall–Kier alpha value is -3.56. The average molecular weight is 528 g/mol. The van der Waals surface area contributed by atoms with Gasteiger partial charge >= 0.3 is 0 Å². The summed E-state index contributed by atoms with van der Waals surface area (Å²) in [6, 6.07) is 8.36. The molecular weight excluding hydrogens is 501 g/mol. The molecule has 1 N–H and O–H groups in total. The number of rotatable bonds is 7. The van der Waals surface area contributed by atoms with Crippen molar-refractivity contribution in [3.8, 4) is 6.07 Å². The summed E-state index contributed by atoms with van der Waals surface area (Å²) in [5, 5.41) is 11.0. The molecule has 3 heterocycles. The van der Waals surface area contributed by atoms with E-state index in [1.54, 1.807) is 6.07 Å². The Bertz CT molecular complexity index is 1500. The molecule has 1 saturated heterocycles. The van der Waals surface area contributed by atoms with Crippen molar-refractivity contribution >= 4 is 21.7 Å². The summed E-state index contributed by atoms with van der Waals surface area (Å²) in [7, 11) is -1.51. The number of halogens is 1. The van der Waals surface area contributed by atoms with E-state index in [2.05, 4.69) is 5.32 Å². The lowest BCUT2D eigenvalue weighted by Gasteiger charge is -2.39. The zero-order valence-corrected chi connectivity index (χ0v) is 21.1. The van der Waals surface area contributed by atoms with Crippen LogP contribution in [0.3, 0.4) is 0 Å². The van der Waals surface area contributed by atoms with E-state index in [0.29, 0.717) is 31.5 Å². The monoisotopic (exact) mass is 527 g/mol. The molecule has 1 aromatic carbocycles. The molecule has 2 amide bonds. The van der Waals surface area contributed by atoms with Crippen molar-refractivity contribution in [2.45, 2.75) is 35.9 Å². The van der Waals surface area contributed by atoms with Gasteiger partial charge in [0.05, 0.1) is 15.6 Å². The summed E-state index contributed by atoms with van der Waals surface area (Å²) in [4.78, 5) is 42.3. The molecule has 1 aromatic heterocycles. The summed E-state index contributed by atoms with van der Waals surface area (Å²) < 4.78 is 40.4. The molecule has 194 valence electrons. The Morgan fingerprint density at radius 1 is 1.19 bits per heavy atom. The number of nitrogens with one attached hydrogen (secondary N) is 1. The summed E-state index contributed by atoms with van der Waals surface area (Å²) in [6.45, 7) is 1.37. The minimum absolute atomic E-state index is 0.0529. The molecule has 3 aliphatic rings. The lowest BCUT2D eigenvalue weighted by Crippen LogP contribution is -2.58. The fraction of sp³-hybridized carbons (Fsp3) is 0.440. The quantitative estimate of drug-likeness (QED) is 0.555. The van der Waals surface area contributed by atoms with Gasteiger partial charge in [0.2, 0.25) is 0 Å². The molecular formula is C25H26FN5O5S. The third-order valence-electron chi connectivity index (χ3n) is 7.49. The molecule has 2 aliphatic heterocycles. The number of nitrogens with zero attached hydrogens (tertiary/aromatic N) is 4. The fourth-order valence-electron chi connectivity index (χ4n) is 5.04. The third kappa shape index (κ3) is 4.32. The molecule has 2 fully saturated rings. The molecule has 0 bridgehead atoms. The van der Waals surface area contributed by atoms with E-state index < -0.39 is 43.0 Å². The Morgan fingerprint density at radius 3 is 2.54 bits per heavy atom. The first-order chi connectivity index (χ1) is 17.6. The number of carbonyl (C=O) groups excluding carboxylic acids is 2. The predicted molar refractivity (Wildman–Crippen MR) is 131 cm³/mol. The summed E-state index contributed by atoms with van der Waals surface area (Å²) >= 11 is 0. The smallest absolute Gasteiger partial charge is 0.270 e. The normalized spacial score (nSPS) is 19.1. The second kappa shape index (κ2) is 9.08. The lowest BCUT2D eigenvalue weighted by molar-refractivity contribution is 0.0694. The largest absolute Gasteiger partial charge is 0.348 e. The van der Waals surface area contributed by atoms with Crippen molar-refractivity contribution in [3.63, 3.8) is 0 Å². The fourth-order valence-corrected chi connectivity index (χ4v) is 7.66. The van der Waals surface area contributed by atoms with Crippen LogP contribution in [-0.2, 0) is 22.9 Å². The minimum atomic E-state index is -3.38. The molecule has 5 rings (SSSR count). The van der Waals surface area contributed by atoms with E-state index in [1.165, 1.54) is 33.7 Å². The second-order valence-corrected chi connectivity index (χ2v) is 12.6. The standard InChI is InChI=1S/C25H26FN5O5S/c1-29-13-18(14-29)37(35,36)25(6-7-25)15-30-8-9-31-21(24(30)34)5-4-19(23(31)33)22(32)28-12-16-2-3-17(11-27)20(26)10-16/h2-5,10,18H,6-9,12-15H2,1H3,(H,28,32). The predicted octanol–water partition coefficient (Wildman–Crippen LogP) is 0.506. The number of aromatic nitrogens is 1. The van der Waals surface area contributed by atoms with E-state index in [4.69, 9.17) is 5.26 Å². The number of likely N-dealkylation sites (tertiary alicyclic amines) is 1. The number of amides is 2. The molecule has 0 unspecified atom stereocenters. The number of benzene rings is 1. The molecule has 1 saturated carbocycles. The summed E-state index contributed by atoms with van der Waals surface area (Å²) in [6.07, 6.45) is 1.04. The first-order valence-corrected chi connectivity index (χ1v) is 13.5. The van der Waals surface area contributed by atoms with E-state index in [1.807, 2.05) is 11.9 Å². The highest BCUT2D eigenvalue weighted by atomic mass is 32.2. The number of nitriles is 1. The van der Waals surface area contributed by atoms with Gasteiger partial charge in [-0.3, -0.25) is 14.4 Å². The van der Waals surface area contributed by atoms with Crippen molar-refractivity contribution in [1.29, 1.82) is 5.26 Å². The second-order valence-electron chi connectivity index (χ2n) is 10.00. The minimum Gasteiger partial charge on any atom is -0.348 e. The third-order valence-corrected chi connectivity index (χ3v) is 10.4. The van der Waals surface area contributed by atoms with E-state index in [9.17, 15) is 27.2 Å². The molecule has 0 spiro atoms. The first-order valence-electron chi connectivity index (χ1n) is 12.0. The maximum atomic E-state index is 13.8. The first kappa shape index (κ1) is 25.1. The van der Waals surface area contributed by atoms with Gasteiger partial charge in [-0.2, -0.15) is 5.26 Å². The Morgan fingerprint density at radius 2 is 1.92 bits per heavy atom. The highest BCUT2D eigenvalue weighted by Gasteiger charge is 2.59. The Kier molecular flexibility index (Phi) is 6.16. The number of hydrogen-bond donors (Lipinski definition) is 1. The highest BCUT2D eigenvalue weighted by Crippen LogP contribution is 2.47. The number of hydrogen-bond acceptors (Lipinski definition) is 7. The zero-order chi connectivity index (χ0) is 26.5. The number of carbonyl (C=O) groups is 2. The van der Waals surface area contributed by atoms with Gasteiger partial charge in [-0.25, -0.2) is 12.8 Å². The van der Waals surface area contributed by atoms with Crippen LogP contribution in [0.25, 0.3) is 0 Å². The van der Waals surface area contributed by atoms with Gasteiger partial charge in [-0.1, -0.05) is 6.07 Å². The van der Waals surface area contributed by atoms with Crippen molar-refractivity contribution in [2.75, 3.05) is 33.2 Å². The Labute approximate surface area is 213 Å². The van der Waals surface area contributed by atoms with E-state index >= 15 is 0 Å². The maximum Gasteiger partial charge on any atom is 0.270 e. The van der Waals surface area contributed by atoms with Gasteiger partial charge in [0, 0.05) is 39.3 Å². The van der Waals surface area contributed by atoms with Crippen molar-refractivity contribution < 1.29 is 22.4 Å². The van der Waals surface area contributed by atoms with Gasteiger partial charge in [-0.05, 0) is 49.7 Å². The van der Waals surface area contributed by atoms with Gasteiger partial charge in [0.1, 0.15) is 23.1 Å². The van der Waals surface area contributed by atoms with Crippen LogP contribution >= 0.6 is 0 Å². The van der Waals surface area contributed by atoms with Crippen molar-refractivity contribution in [1.82, 2.24) is 19.7 Å². The molecule has 10 nitrogen and oxygen atoms in total. The number of pyridine rings is 1. The number of sulfone groups is 1. The van der Waals surface area contributed by atoms with Crippen molar-refractivity contribution in [3.05, 3.63) is 68.9 Å². The molecule has 0 radical (unpaired) electrons. The molecule has 0 atom stereocenters. The zero-order valence-electron chi connectivity index (χ0n) is 20.2. The van der Waals surface area contributed by atoms with E-state index in [0.717, 1.165) is 6.07 Å². The Balaban J connectivity index is 1.28. The van der Waals surface area contributed by atoms with Gasteiger partial charge in [0.15, 0.2) is 9.84 Å². The van der Waals surface area contributed by atoms with Crippen LogP contribution in [-0.4, -0.2) is 77.8 Å². The lowest BCUT2D eigenvalue weighted by atomic mass is 10.1. The summed E-state index contributed by atoms with van der Waals surface area (Å²) in [5.74, 6) is -1.81. The van der Waals surface area contributed by atoms with Crippen LogP contribution in [0.1, 0.15) is 44.8 Å². The SMILES string of the molecule is CN1CC(S(=O)(=O)C2(CN3CCn4c(ccc(C(=O)NCc5ccc(C#N)c(F)c5)c4=O)C3=O)CC2)C1. The van der Waals surface area contributed by atoms with Gasteiger partial charge in [0.25, 0.3) is 17.4 Å². The van der Waals surface area contributed by atoms with Crippen molar-refractivity contribution in [2.24, 2.45) is 0 Å². The molecule has 2 aromatic rings. The van der Waals surface area contributed by atoms with Crippen LogP contribution in [0, 0.1) is 17.1 Å². The van der Waals surface area contributed by atoms with Crippen LogP contribution in [0.2, 0.25) is 0 Å². The van der Waals surface area contributed by atoms with Crippen LogP contribution < -0.4 is 10.9 Å². The van der Waals surface area contributed by atoms with Gasteiger partial charge < -0.3 is 19.7 Å². The average Bonchev–Trinajstić information content (AvgIpc) is 3.64. The molecule has 1 aliphatic carbocycles. The topological polar surface area (TPSA) is 133 Å². The van der Waals surface area contributed by atoms with Crippen LogP contribution in [0.4, 0.5) is 4.39 Å². The molecule has 37 heavy (non-hydrogen) atoms. The van der Waals surface area contributed by atoms with Crippen LogP contribution in [0.15, 0.2) is 35.1 Å². The molecule has 12 heteroatoms. The summed E-state index contributed by atoms with van der Waals surface area (Å²) in [5.41, 5.74) is -0.359. The number of fused-ring (bicyclic) bond motifs is 1. The maximum absolute atomic E-state index is 13.8. The van der Waals surface area contributed by atoms with Crippen LogP contribution in [0.5, 0.6) is 0 Å². The highest BCUT2D eigenvalue weighted by molar-refractivity contribution is 7.93. The van der Waals surface area contributed by atoms with E-state index in [-0.39, 0.29) is 43.0 Å².